The van der Waals surface area contributed by atoms with Gasteiger partial charge in [-0.1, -0.05) is 0 Å². The summed E-state index contributed by atoms with van der Waals surface area (Å²) in [5.41, 5.74) is 1.11. The summed E-state index contributed by atoms with van der Waals surface area (Å²) in [6.07, 6.45) is 1.72. The van der Waals surface area contributed by atoms with Gasteiger partial charge in [0.25, 0.3) is 0 Å². The van der Waals surface area contributed by atoms with E-state index in [2.05, 4.69) is 16.4 Å². The van der Waals surface area contributed by atoms with Crippen LogP contribution < -0.4 is 9.51 Å². The molecule has 0 spiro atoms. The van der Waals surface area contributed by atoms with E-state index in [0.29, 0.717) is 18.3 Å². The van der Waals surface area contributed by atoms with E-state index >= 15 is 0 Å². The van der Waals surface area contributed by atoms with Crippen molar-refractivity contribution < 1.29 is 4.74 Å². The first kappa shape index (κ1) is 13.7. The molecule has 0 bridgehead atoms. The van der Waals surface area contributed by atoms with Crippen LogP contribution in [-0.4, -0.2) is 23.4 Å². The van der Waals surface area contributed by atoms with Gasteiger partial charge >= 0.3 is 128 Å². The van der Waals surface area contributed by atoms with Crippen LogP contribution in [0.3, 0.4) is 0 Å². The number of thiophene rings is 1. The van der Waals surface area contributed by atoms with Crippen molar-refractivity contribution >= 4 is 29.5 Å². The van der Waals surface area contributed by atoms with Crippen LogP contribution in [0, 0.1) is 0 Å². The van der Waals surface area contributed by atoms with E-state index in [9.17, 15) is 0 Å². The van der Waals surface area contributed by atoms with Crippen LogP contribution in [0.5, 0.6) is 5.88 Å². The molecule has 0 saturated heterocycles. The molecule has 3 nitrogen and oxygen atoms in total. The Balaban J connectivity index is 1.75. The van der Waals surface area contributed by atoms with Gasteiger partial charge in [0.15, 0.2) is 0 Å². The Hall–Kier alpha value is -2.27. The van der Waals surface area contributed by atoms with E-state index in [1.165, 1.54) is 0 Å². The molecule has 0 radical (unpaired) electrons. The first-order valence-corrected chi connectivity index (χ1v) is 7.39. The van der Waals surface area contributed by atoms with Crippen LogP contribution in [0.25, 0.3) is 10.7 Å². The summed E-state index contributed by atoms with van der Waals surface area (Å²) in [6.45, 7) is 6.09. The zero-order chi connectivity index (χ0) is 14.5. The van der Waals surface area contributed by atoms with Crippen molar-refractivity contribution in [3.8, 4) is 16.6 Å². The topological polar surface area (TPSA) is 35.0 Å². The molecule has 0 fully saturated rings. The fourth-order valence-corrected chi connectivity index (χ4v) is 2.65. The van der Waals surface area contributed by atoms with E-state index < -0.39 is 0 Å². The molecule has 2 heterocycles. The van der Waals surface area contributed by atoms with Crippen LogP contribution in [-0.2, 0) is 6.61 Å². The Morgan fingerprint density at radius 3 is 2.71 bits per heavy atom. The maximum absolute atomic E-state index is 5.72. The average Bonchev–Trinajstić information content (AvgIpc) is 3.03. The molecule has 102 valence electrons. The zero-order valence-electron chi connectivity index (χ0n) is 11.4. The molecular weight excluding hydrogens is 279 g/mol. The molecule has 0 saturated carbocycles. The fraction of sp³-hybridized carbons (Fsp3) is 0.0625. The molecule has 0 aliphatic carbocycles. The van der Waals surface area contributed by atoms with Gasteiger partial charge in [-0.15, -0.1) is 0 Å². The van der Waals surface area contributed by atoms with E-state index in [1.54, 1.807) is 23.6 Å². The molecule has 21 heavy (non-hydrogen) atoms. The quantitative estimate of drug-likeness (QED) is 0.678. The number of rotatable bonds is 5. The normalized spacial score (nSPS) is 10.1. The first-order chi connectivity index (χ1) is 10.3. The Morgan fingerprint density at radius 1 is 1.10 bits per heavy atom. The molecule has 2 aromatic heterocycles. The predicted octanol–water partition coefficient (Wildman–Crippen LogP) is 2.55. The van der Waals surface area contributed by atoms with E-state index in [1.807, 2.05) is 49.4 Å². The van der Waals surface area contributed by atoms with Crippen molar-refractivity contribution in [3.63, 3.8) is 0 Å². The van der Waals surface area contributed by atoms with Crippen molar-refractivity contribution in [2.75, 3.05) is 0 Å². The van der Waals surface area contributed by atoms with Crippen LogP contribution in [0.15, 0.2) is 54.7 Å². The third-order valence-electron chi connectivity index (χ3n) is 2.91. The molecule has 3 aromatic rings. The molecule has 0 aliphatic heterocycles. The Kier molecular flexibility index (Phi) is 4.21. The third kappa shape index (κ3) is 3.44. The standard InChI is InChI=1S/C16H13BN2OS/c1-17-14-8-7-13(21-14)16-18-10-9-15(19-16)20-11-12-5-3-2-4-6-12/h2-10H,1,11H2. The summed E-state index contributed by atoms with van der Waals surface area (Å²) in [5, 5.41) is 0. The number of nitrogens with zero attached hydrogens (tertiary/aromatic N) is 2. The number of hydrogen-bond donors (Lipinski definition) is 0. The van der Waals surface area contributed by atoms with Gasteiger partial charge in [-0.3, -0.25) is 0 Å². The minimum absolute atomic E-state index is 0.500. The Labute approximate surface area is 128 Å². The molecule has 0 N–H and O–H groups in total. The van der Waals surface area contributed by atoms with Crippen molar-refractivity contribution in [2.24, 2.45) is 0 Å². The summed E-state index contributed by atoms with van der Waals surface area (Å²) in [4.78, 5) is 9.76. The van der Waals surface area contributed by atoms with Gasteiger partial charge in [0.1, 0.15) is 0 Å². The number of aromatic nitrogens is 2. The van der Waals surface area contributed by atoms with Gasteiger partial charge in [-0.05, 0) is 0 Å². The van der Waals surface area contributed by atoms with E-state index in [4.69, 9.17) is 4.74 Å². The van der Waals surface area contributed by atoms with Gasteiger partial charge in [0.2, 0.25) is 0 Å². The molecule has 0 unspecified atom stereocenters. The van der Waals surface area contributed by atoms with E-state index in [0.717, 1.165) is 15.2 Å². The van der Waals surface area contributed by atoms with Crippen molar-refractivity contribution in [1.82, 2.24) is 9.97 Å². The first-order valence-electron chi connectivity index (χ1n) is 6.57. The number of ether oxygens (including phenoxy) is 1. The molecule has 3 rings (SSSR count). The second-order valence-corrected chi connectivity index (χ2v) is 5.51. The third-order valence-corrected chi connectivity index (χ3v) is 3.98. The van der Waals surface area contributed by atoms with Gasteiger partial charge < -0.3 is 0 Å². The van der Waals surface area contributed by atoms with Crippen LogP contribution in [0.1, 0.15) is 5.56 Å². The Bertz CT molecular complexity index is 743. The van der Waals surface area contributed by atoms with E-state index in [-0.39, 0.29) is 0 Å². The molecule has 0 aliphatic rings. The van der Waals surface area contributed by atoms with Crippen LogP contribution in [0.2, 0.25) is 0 Å². The van der Waals surface area contributed by atoms with Gasteiger partial charge in [0.05, 0.1) is 0 Å². The van der Waals surface area contributed by atoms with Gasteiger partial charge in [-0.2, -0.15) is 0 Å². The fourth-order valence-electron chi connectivity index (χ4n) is 1.86. The predicted molar refractivity (Wildman–Crippen MR) is 88.6 cm³/mol. The van der Waals surface area contributed by atoms with Crippen molar-refractivity contribution in [2.45, 2.75) is 6.61 Å². The summed E-state index contributed by atoms with van der Waals surface area (Å²) < 4.78 is 6.82. The molecule has 0 atom stereocenters. The Morgan fingerprint density at radius 2 is 1.95 bits per heavy atom. The van der Waals surface area contributed by atoms with Crippen molar-refractivity contribution in [1.29, 1.82) is 0 Å². The molecule has 0 amide bonds. The van der Waals surface area contributed by atoms with Crippen LogP contribution in [0.4, 0.5) is 0 Å². The van der Waals surface area contributed by atoms with Crippen molar-refractivity contribution in [3.05, 3.63) is 60.3 Å². The van der Waals surface area contributed by atoms with Gasteiger partial charge in [-0.25, -0.2) is 0 Å². The second kappa shape index (κ2) is 6.46. The summed E-state index contributed by atoms with van der Waals surface area (Å²) in [5.74, 6) is 1.26. The summed E-state index contributed by atoms with van der Waals surface area (Å²) in [7, 11) is 0. The number of hydrogen-bond acceptors (Lipinski definition) is 4. The summed E-state index contributed by atoms with van der Waals surface area (Å²) in [6, 6.07) is 15.8. The van der Waals surface area contributed by atoms with Crippen LogP contribution >= 0.6 is 11.3 Å². The SMILES string of the molecule is C=Bc1ccc(-c2nccc(OCc3ccccc3)n2)s1. The molecule has 5 heteroatoms. The zero-order valence-corrected chi connectivity index (χ0v) is 12.2. The summed E-state index contributed by atoms with van der Waals surface area (Å²) >= 11 is 1.61. The minimum atomic E-state index is 0.500. The number of benzene rings is 1. The second-order valence-electron chi connectivity index (χ2n) is 4.40. The monoisotopic (exact) mass is 292 g/mol. The molecule has 1 aromatic carbocycles. The van der Waals surface area contributed by atoms with Gasteiger partial charge in [0, 0.05) is 0 Å². The molecular formula is C16H13BN2OS. The maximum atomic E-state index is 5.72. The average molecular weight is 292 g/mol.